The van der Waals surface area contributed by atoms with E-state index < -0.39 is 0 Å². The molecule has 1 amide bonds. The zero-order chi connectivity index (χ0) is 24.7. The van der Waals surface area contributed by atoms with Gasteiger partial charge in [0.2, 0.25) is 5.91 Å². The summed E-state index contributed by atoms with van der Waals surface area (Å²) in [5, 5.41) is 4.27. The molecule has 0 aliphatic heterocycles. The number of carbonyl (C=O) groups is 1. The molecule has 0 radical (unpaired) electrons. The van der Waals surface area contributed by atoms with Crippen molar-refractivity contribution in [1.29, 1.82) is 0 Å². The van der Waals surface area contributed by atoms with E-state index in [-0.39, 0.29) is 11.8 Å². The first-order chi connectivity index (χ1) is 17.7. The van der Waals surface area contributed by atoms with Crippen LogP contribution in [-0.2, 0) is 25.0 Å². The van der Waals surface area contributed by atoms with Gasteiger partial charge in [0.1, 0.15) is 12.4 Å². The second-order valence-electron chi connectivity index (χ2n) is 9.08. The molecule has 0 spiro atoms. The van der Waals surface area contributed by atoms with Gasteiger partial charge in [-0.2, -0.15) is 0 Å². The van der Waals surface area contributed by atoms with Crippen LogP contribution in [0.15, 0.2) is 115 Å². The van der Waals surface area contributed by atoms with E-state index in [1.165, 1.54) is 0 Å². The third-order valence-corrected chi connectivity index (χ3v) is 6.53. The number of benzene rings is 4. The fourth-order valence-electron chi connectivity index (χ4n) is 4.67. The molecule has 1 atom stereocenters. The summed E-state index contributed by atoms with van der Waals surface area (Å²) in [5.74, 6) is 0.714. The Morgan fingerprint density at radius 1 is 0.833 bits per heavy atom. The zero-order valence-electron chi connectivity index (χ0n) is 20.4. The molecule has 5 aromatic rings. The number of hydrogen-bond acceptors (Lipinski definition) is 2. The van der Waals surface area contributed by atoms with Crippen LogP contribution in [0.25, 0.3) is 10.9 Å². The number of rotatable bonds is 9. The molecule has 1 N–H and O–H groups in total. The van der Waals surface area contributed by atoms with Crippen LogP contribution in [0.1, 0.15) is 34.6 Å². The van der Waals surface area contributed by atoms with Gasteiger partial charge >= 0.3 is 0 Å². The molecule has 0 aliphatic rings. The van der Waals surface area contributed by atoms with Crippen molar-refractivity contribution >= 4 is 16.8 Å². The number of hydrogen-bond donors (Lipinski definition) is 1. The Morgan fingerprint density at radius 2 is 1.53 bits per heavy atom. The number of nitrogens with one attached hydrogen (secondary N) is 1. The van der Waals surface area contributed by atoms with Gasteiger partial charge in [-0.15, -0.1) is 0 Å². The van der Waals surface area contributed by atoms with Crippen molar-refractivity contribution in [3.63, 3.8) is 0 Å². The minimum Gasteiger partial charge on any atom is -0.489 e. The van der Waals surface area contributed by atoms with E-state index >= 15 is 0 Å². The van der Waals surface area contributed by atoms with E-state index in [1.54, 1.807) is 0 Å². The van der Waals surface area contributed by atoms with Crippen LogP contribution in [0.4, 0.5) is 0 Å². The summed E-state index contributed by atoms with van der Waals surface area (Å²) < 4.78 is 8.25. The Balaban J connectivity index is 1.42. The predicted molar refractivity (Wildman–Crippen MR) is 145 cm³/mol. The highest BCUT2D eigenvalue weighted by atomic mass is 16.5. The molecular weight excluding hydrogens is 444 g/mol. The molecule has 4 nitrogen and oxygen atoms in total. The second kappa shape index (κ2) is 11.0. The number of fused-ring (bicyclic) bond motifs is 1. The SMILES string of the molecule is Cn1cc(C(CC(=O)NCc2ccccc2)c2cccc(OCc3ccccc3)c2)c2ccccc21. The predicted octanol–water partition coefficient (Wildman–Crippen LogP) is 6.60. The average molecular weight is 475 g/mol. The molecule has 1 heterocycles. The third-order valence-electron chi connectivity index (χ3n) is 6.53. The number of ether oxygens (including phenoxy) is 1. The van der Waals surface area contributed by atoms with Crippen molar-refractivity contribution in [2.45, 2.75) is 25.5 Å². The lowest BCUT2D eigenvalue weighted by molar-refractivity contribution is -0.121. The number of carbonyl (C=O) groups excluding carboxylic acids is 1. The summed E-state index contributed by atoms with van der Waals surface area (Å²) in [5.41, 5.74) is 5.56. The third kappa shape index (κ3) is 5.49. The van der Waals surface area contributed by atoms with Crippen LogP contribution in [0.2, 0.25) is 0 Å². The first-order valence-electron chi connectivity index (χ1n) is 12.3. The summed E-state index contributed by atoms with van der Waals surface area (Å²) in [6.45, 7) is 1.02. The number of para-hydroxylation sites is 1. The van der Waals surface area contributed by atoms with Gasteiger partial charge in [0.25, 0.3) is 0 Å². The Bertz CT molecular complexity index is 1440. The molecule has 0 fully saturated rings. The van der Waals surface area contributed by atoms with Crippen LogP contribution >= 0.6 is 0 Å². The number of nitrogens with zero attached hydrogens (tertiary/aromatic N) is 1. The van der Waals surface area contributed by atoms with Crippen molar-refractivity contribution in [1.82, 2.24) is 9.88 Å². The quantitative estimate of drug-likeness (QED) is 0.262. The summed E-state index contributed by atoms with van der Waals surface area (Å²) in [6, 6.07) is 36.6. The number of aryl methyl sites for hydroxylation is 1. The Morgan fingerprint density at radius 3 is 2.31 bits per heavy atom. The summed E-state index contributed by atoms with van der Waals surface area (Å²) in [7, 11) is 2.05. The van der Waals surface area contributed by atoms with Crippen LogP contribution in [0, 0.1) is 0 Å². The summed E-state index contributed by atoms with van der Waals surface area (Å²) in [6.07, 6.45) is 2.50. The topological polar surface area (TPSA) is 43.3 Å². The first-order valence-corrected chi connectivity index (χ1v) is 12.3. The highest BCUT2D eigenvalue weighted by molar-refractivity contribution is 5.86. The number of aromatic nitrogens is 1. The van der Waals surface area contributed by atoms with Gasteiger partial charge in [0.05, 0.1) is 0 Å². The molecule has 0 saturated carbocycles. The monoisotopic (exact) mass is 474 g/mol. The maximum absolute atomic E-state index is 13.2. The van der Waals surface area contributed by atoms with Crippen molar-refractivity contribution < 1.29 is 9.53 Å². The fraction of sp³-hybridized carbons (Fsp3) is 0.156. The first kappa shape index (κ1) is 23.4. The molecule has 36 heavy (non-hydrogen) atoms. The minimum atomic E-state index is -0.104. The normalized spacial score (nSPS) is 11.8. The molecule has 180 valence electrons. The smallest absolute Gasteiger partial charge is 0.221 e. The highest BCUT2D eigenvalue weighted by Crippen LogP contribution is 2.35. The molecule has 1 aromatic heterocycles. The largest absolute Gasteiger partial charge is 0.489 e. The minimum absolute atomic E-state index is 0.0207. The Labute approximate surface area is 212 Å². The molecule has 0 saturated heterocycles. The fourth-order valence-corrected chi connectivity index (χ4v) is 4.67. The van der Waals surface area contributed by atoms with Crippen LogP contribution < -0.4 is 10.1 Å². The summed E-state index contributed by atoms with van der Waals surface area (Å²) >= 11 is 0. The molecule has 0 bridgehead atoms. The molecule has 4 heteroatoms. The van der Waals surface area contributed by atoms with E-state index in [0.717, 1.165) is 38.9 Å². The molecule has 5 rings (SSSR count). The van der Waals surface area contributed by atoms with Gasteiger partial charge in [-0.05, 0) is 40.5 Å². The van der Waals surface area contributed by atoms with Crippen LogP contribution in [-0.4, -0.2) is 10.5 Å². The maximum atomic E-state index is 13.2. The van der Waals surface area contributed by atoms with Crippen molar-refractivity contribution in [3.8, 4) is 5.75 Å². The lowest BCUT2D eigenvalue weighted by atomic mass is 9.88. The van der Waals surface area contributed by atoms with Crippen LogP contribution in [0.3, 0.4) is 0 Å². The van der Waals surface area contributed by atoms with Gasteiger partial charge in [-0.1, -0.05) is 91.0 Å². The lowest BCUT2D eigenvalue weighted by Gasteiger charge is -2.18. The molecular formula is C32H30N2O2. The Kier molecular flexibility index (Phi) is 7.13. The van der Waals surface area contributed by atoms with E-state index in [2.05, 4.69) is 65.6 Å². The van der Waals surface area contributed by atoms with E-state index in [4.69, 9.17) is 4.74 Å². The summed E-state index contributed by atoms with van der Waals surface area (Å²) in [4.78, 5) is 13.2. The van der Waals surface area contributed by atoms with Gasteiger partial charge in [0.15, 0.2) is 0 Å². The van der Waals surface area contributed by atoms with Gasteiger partial charge in [-0.25, -0.2) is 0 Å². The van der Waals surface area contributed by atoms with Crippen molar-refractivity contribution in [2.75, 3.05) is 0 Å². The Hall–Kier alpha value is -4.31. The van der Waals surface area contributed by atoms with E-state index in [9.17, 15) is 4.79 Å². The van der Waals surface area contributed by atoms with E-state index in [1.807, 2.05) is 66.7 Å². The lowest BCUT2D eigenvalue weighted by Crippen LogP contribution is -2.25. The van der Waals surface area contributed by atoms with Gasteiger partial charge in [0, 0.05) is 43.0 Å². The van der Waals surface area contributed by atoms with Crippen molar-refractivity contribution in [3.05, 3.63) is 138 Å². The standard InChI is InChI=1S/C32H30N2O2/c1-34-22-30(28-17-8-9-18-31(28)34)29(20-32(35)33-21-24-11-4-2-5-12-24)26-15-10-16-27(19-26)36-23-25-13-6-3-7-14-25/h2-19,22,29H,20-21,23H2,1H3,(H,33,35). The van der Waals surface area contributed by atoms with Crippen molar-refractivity contribution in [2.24, 2.45) is 7.05 Å². The second-order valence-corrected chi connectivity index (χ2v) is 9.08. The van der Waals surface area contributed by atoms with Crippen LogP contribution in [0.5, 0.6) is 5.75 Å². The highest BCUT2D eigenvalue weighted by Gasteiger charge is 2.23. The van der Waals surface area contributed by atoms with E-state index in [0.29, 0.717) is 19.6 Å². The maximum Gasteiger partial charge on any atom is 0.221 e. The van der Waals surface area contributed by atoms with Gasteiger partial charge in [-0.3, -0.25) is 4.79 Å². The van der Waals surface area contributed by atoms with Gasteiger partial charge < -0.3 is 14.6 Å². The average Bonchev–Trinajstić information content (AvgIpc) is 3.27. The zero-order valence-corrected chi connectivity index (χ0v) is 20.4. The molecule has 0 aliphatic carbocycles. The molecule has 4 aromatic carbocycles. The molecule has 1 unspecified atom stereocenters. The number of amides is 1.